The fraction of sp³-hybridized carbons (Fsp3) is 0.833. The van der Waals surface area contributed by atoms with Crippen molar-refractivity contribution in [2.45, 2.75) is 49.9 Å². The summed E-state index contributed by atoms with van der Waals surface area (Å²) in [6, 6.07) is -0.490. The van der Waals surface area contributed by atoms with Gasteiger partial charge in [0.25, 0.3) is 0 Å². The van der Waals surface area contributed by atoms with Crippen molar-refractivity contribution in [3.8, 4) is 0 Å². The Balaban J connectivity index is 2.01. The quantitative estimate of drug-likeness (QED) is 0.656. The molecule has 4 N–H and O–H groups in total. The zero-order valence-corrected chi connectivity index (χ0v) is 11.0. The normalized spacial score (nSPS) is 35.5. The van der Waals surface area contributed by atoms with Crippen LogP contribution in [0.4, 0.5) is 4.79 Å². The first kappa shape index (κ1) is 14.1. The van der Waals surface area contributed by atoms with Crippen molar-refractivity contribution in [1.29, 1.82) is 0 Å². The Kier molecular flexibility index (Phi) is 4.26. The van der Waals surface area contributed by atoms with Gasteiger partial charge in [0.1, 0.15) is 6.04 Å². The molecule has 0 aromatic heterocycles. The van der Waals surface area contributed by atoms with E-state index in [1.54, 1.807) is 12.0 Å². The number of nitrogens with zero attached hydrogens (tertiary/aromatic N) is 1. The monoisotopic (exact) mass is 271 g/mol. The van der Waals surface area contributed by atoms with Crippen molar-refractivity contribution in [3.63, 3.8) is 0 Å². The topological polar surface area (TPSA) is 105 Å². The van der Waals surface area contributed by atoms with Crippen LogP contribution in [0.1, 0.15) is 25.7 Å². The molecule has 0 aromatic carbocycles. The summed E-state index contributed by atoms with van der Waals surface area (Å²) < 4.78 is 5.44. The molecule has 0 aromatic rings. The van der Waals surface area contributed by atoms with E-state index in [2.05, 4.69) is 5.32 Å². The highest BCUT2D eigenvalue weighted by molar-refractivity contribution is 5.87. The fourth-order valence-corrected chi connectivity index (χ4v) is 3.07. The van der Waals surface area contributed by atoms with Crippen molar-refractivity contribution < 1.29 is 19.4 Å². The van der Waals surface area contributed by atoms with Crippen LogP contribution in [0, 0.1) is 0 Å². The van der Waals surface area contributed by atoms with Crippen molar-refractivity contribution in [2.75, 3.05) is 13.7 Å². The lowest BCUT2D eigenvalue weighted by molar-refractivity contribution is -0.135. The summed E-state index contributed by atoms with van der Waals surface area (Å²) in [6.45, 7) is 0.573. The molecule has 2 fully saturated rings. The Bertz CT molecular complexity index is 363. The Morgan fingerprint density at radius 1 is 1.47 bits per heavy atom. The van der Waals surface area contributed by atoms with Gasteiger partial charge in [-0.2, -0.15) is 0 Å². The van der Waals surface area contributed by atoms with E-state index < -0.39 is 12.1 Å². The summed E-state index contributed by atoms with van der Waals surface area (Å²) in [6.07, 6.45) is 1.72. The Hall–Kier alpha value is -1.34. The van der Waals surface area contributed by atoms with E-state index in [-0.39, 0.29) is 24.1 Å². The van der Waals surface area contributed by atoms with Crippen LogP contribution in [-0.4, -0.2) is 59.9 Å². The van der Waals surface area contributed by atoms with Gasteiger partial charge in [0, 0.05) is 19.7 Å². The Morgan fingerprint density at radius 3 is 2.84 bits per heavy atom. The number of amides is 2. The molecule has 2 amide bonds. The highest BCUT2D eigenvalue weighted by atomic mass is 16.5. The van der Waals surface area contributed by atoms with Gasteiger partial charge >= 0.3 is 6.09 Å². The van der Waals surface area contributed by atoms with Gasteiger partial charge in [0.15, 0.2) is 0 Å². The maximum atomic E-state index is 12.2. The molecule has 4 atom stereocenters. The highest BCUT2D eigenvalue weighted by Crippen LogP contribution is 2.28. The molecular weight excluding hydrogens is 250 g/mol. The minimum absolute atomic E-state index is 0.0119. The molecule has 7 heteroatoms. The van der Waals surface area contributed by atoms with Gasteiger partial charge in [-0.3, -0.25) is 4.79 Å². The summed E-state index contributed by atoms with van der Waals surface area (Å²) in [7, 11) is 1.63. The molecule has 108 valence electrons. The van der Waals surface area contributed by atoms with Gasteiger partial charge in [-0.1, -0.05) is 0 Å². The Morgan fingerprint density at radius 2 is 2.21 bits per heavy atom. The zero-order valence-electron chi connectivity index (χ0n) is 11.0. The predicted octanol–water partition coefficient (Wildman–Crippen LogP) is -0.250. The first-order valence-corrected chi connectivity index (χ1v) is 6.61. The van der Waals surface area contributed by atoms with Crippen LogP contribution in [0.5, 0.6) is 0 Å². The van der Waals surface area contributed by atoms with E-state index in [9.17, 15) is 9.59 Å². The lowest BCUT2D eigenvalue weighted by Gasteiger charge is -2.39. The SMILES string of the molecule is CO[C@H]1C[C@H](N)CC[C@@H]1N1CC[C@H](NC(=O)O)C1=O. The molecule has 1 aliphatic heterocycles. The number of carbonyl (C=O) groups is 2. The van der Waals surface area contributed by atoms with E-state index in [1.807, 2.05) is 0 Å². The number of hydrogen-bond acceptors (Lipinski definition) is 4. The summed E-state index contributed by atoms with van der Waals surface area (Å²) in [5.74, 6) is -0.148. The molecule has 0 bridgehead atoms. The molecular formula is C12H21N3O4. The van der Waals surface area contributed by atoms with Gasteiger partial charge in [0.05, 0.1) is 12.1 Å². The standard InChI is InChI=1S/C12H21N3O4/c1-19-10-6-7(13)2-3-9(10)15-5-4-8(11(15)16)14-12(17)18/h7-10,14H,2-6,13H2,1H3,(H,17,18)/t7-,8+,9+,10+/m1/s1. The van der Waals surface area contributed by atoms with Gasteiger partial charge < -0.3 is 25.8 Å². The number of likely N-dealkylation sites (tertiary alicyclic amines) is 1. The van der Waals surface area contributed by atoms with Crippen molar-refractivity contribution in [1.82, 2.24) is 10.2 Å². The van der Waals surface area contributed by atoms with Crippen LogP contribution in [0.15, 0.2) is 0 Å². The first-order chi connectivity index (χ1) is 9.02. The second-order valence-corrected chi connectivity index (χ2v) is 5.24. The second kappa shape index (κ2) is 5.75. The number of ether oxygens (including phenoxy) is 1. The van der Waals surface area contributed by atoms with Crippen LogP contribution in [-0.2, 0) is 9.53 Å². The van der Waals surface area contributed by atoms with Crippen molar-refractivity contribution in [2.24, 2.45) is 5.73 Å². The van der Waals surface area contributed by atoms with E-state index >= 15 is 0 Å². The van der Waals surface area contributed by atoms with Crippen LogP contribution < -0.4 is 11.1 Å². The van der Waals surface area contributed by atoms with Gasteiger partial charge in [-0.15, -0.1) is 0 Å². The molecule has 0 spiro atoms. The molecule has 1 saturated heterocycles. The molecule has 0 radical (unpaired) electrons. The molecule has 2 aliphatic rings. The van der Waals surface area contributed by atoms with E-state index in [0.29, 0.717) is 13.0 Å². The second-order valence-electron chi connectivity index (χ2n) is 5.24. The lowest BCUT2D eigenvalue weighted by atomic mass is 9.88. The van der Waals surface area contributed by atoms with E-state index in [0.717, 1.165) is 19.3 Å². The van der Waals surface area contributed by atoms with Crippen LogP contribution in [0.2, 0.25) is 0 Å². The maximum Gasteiger partial charge on any atom is 0.405 e. The maximum absolute atomic E-state index is 12.2. The molecule has 19 heavy (non-hydrogen) atoms. The molecule has 2 rings (SSSR count). The molecule has 1 heterocycles. The summed E-state index contributed by atoms with van der Waals surface area (Å²) in [5.41, 5.74) is 5.92. The van der Waals surface area contributed by atoms with Crippen LogP contribution in [0.3, 0.4) is 0 Å². The number of nitrogens with one attached hydrogen (secondary N) is 1. The lowest BCUT2D eigenvalue weighted by Crippen LogP contribution is -2.52. The molecule has 1 saturated carbocycles. The smallest absolute Gasteiger partial charge is 0.405 e. The van der Waals surface area contributed by atoms with Crippen LogP contribution >= 0.6 is 0 Å². The third-order valence-electron chi connectivity index (χ3n) is 4.04. The molecule has 1 aliphatic carbocycles. The largest absolute Gasteiger partial charge is 0.465 e. The van der Waals surface area contributed by atoms with E-state index in [1.165, 1.54) is 0 Å². The van der Waals surface area contributed by atoms with Crippen molar-refractivity contribution in [3.05, 3.63) is 0 Å². The zero-order chi connectivity index (χ0) is 14.0. The summed E-state index contributed by atoms with van der Waals surface area (Å²) in [5, 5.41) is 11.0. The van der Waals surface area contributed by atoms with Crippen molar-refractivity contribution >= 4 is 12.0 Å². The minimum Gasteiger partial charge on any atom is -0.465 e. The third-order valence-corrected chi connectivity index (χ3v) is 4.04. The number of nitrogens with two attached hydrogens (primary N) is 1. The van der Waals surface area contributed by atoms with E-state index in [4.69, 9.17) is 15.6 Å². The predicted molar refractivity (Wildman–Crippen MR) is 67.7 cm³/mol. The Labute approximate surface area is 112 Å². The number of carbonyl (C=O) groups excluding carboxylic acids is 1. The van der Waals surface area contributed by atoms with Gasteiger partial charge in [-0.05, 0) is 25.7 Å². The third kappa shape index (κ3) is 2.98. The molecule has 0 unspecified atom stereocenters. The van der Waals surface area contributed by atoms with Gasteiger partial charge in [-0.25, -0.2) is 4.79 Å². The minimum atomic E-state index is -1.16. The number of hydrogen-bond donors (Lipinski definition) is 3. The average molecular weight is 271 g/mol. The fourth-order valence-electron chi connectivity index (χ4n) is 3.07. The van der Waals surface area contributed by atoms with Gasteiger partial charge in [0.2, 0.25) is 5.91 Å². The average Bonchev–Trinajstić information content (AvgIpc) is 2.70. The number of methoxy groups -OCH3 is 1. The summed E-state index contributed by atoms with van der Waals surface area (Å²) in [4.78, 5) is 24.6. The number of carboxylic acid groups (broad SMARTS) is 1. The summed E-state index contributed by atoms with van der Waals surface area (Å²) >= 11 is 0. The number of rotatable bonds is 3. The first-order valence-electron chi connectivity index (χ1n) is 6.61. The highest BCUT2D eigenvalue weighted by Gasteiger charge is 2.41. The van der Waals surface area contributed by atoms with Crippen LogP contribution in [0.25, 0.3) is 0 Å². The molecule has 7 nitrogen and oxygen atoms in total.